The van der Waals surface area contributed by atoms with Crippen LogP contribution < -0.4 is 26.0 Å². The molecule has 0 spiro atoms. The lowest BCUT2D eigenvalue weighted by molar-refractivity contribution is -0.163. The van der Waals surface area contributed by atoms with Crippen molar-refractivity contribution < 1.29 is 76.8 Å². The van der Waals surface area contributed by atoms with E-state index in [1.54, 1.807) is 76.2 Å². The lowest BCUT2D eigenvalue weighted by atomic mass is 9.91. The first-order valence-corrected chi connectivity index (χ1v) is 31.3. The topological polar surface area (TPSA) is 306 Å². The van der Waals surface area contributed by atoms with Gasteiger partial charge in [-0.2, -0.15) is 0 Å². The van der Waals surface area contributed by atoms with Crippen molar-refractivity contribution in [2.45, 2.75) is 207 Å². The largest absolute Gasteiger partial charge is 0.497 e. The van der Waals surface area contributed by atoms with E-state index in [4.69, 9.17) is 18.9 Å². The first-order chi connectivity index (χ1) is 42.0. The van der Waals surface area contributed by atoms with Gasteiger partial charge in [-0.3, -0.25) is 43.2 Å². The number of hydrogen-bond donors (Lipinski definition) is 5. The number of alkyl carbamates (subject to hydrolysis) is 1. The molecule has 0 aliphatic carbocycles. The number of nitrogens with zero attached hydrogens (tertiary/aromatic N) is 4. The van der Waals surface area contributed by atoms with E-state index in [-0.39, 0.29) is 63.6 Å². The molecule has 3 fully saturated rings. The molecule has 24 heteroatoms. The van der Waals surface area contributed by atoms with Gasteiger partial charge in [0.05, 0.1) is 31.6 Å². The minimum absolute atomic E-state index is 0.0391. The molecule has 3 saturated heterocycles. The highest BCUT2D eigenvalue weighted by atomic mass is 16.6. The van der Waals surface area contributed by atoms with Crippen LogP contribution in [0.25, 0.3) is 0 Å². The molecule has 8 amide bonds. The van der Waals surface area contributed by atoms with Gasteiger partial charge in [0, 0.05) is 33.6 Å². The van der Waals surface area contributed by atoms with Gasteiger partial charge in [-0.1, -0.05) is 104 Å². The Morgan fingerprint density at radius 2 is 1.46 bits per heavy atom. The molecule has 3 heterocycles. The minimum atomic E-state index is -1.80. The Hall–Kier alpha value is -7.63. The predicted molar refractivity (Wildman–Crippen MR) is 328 cm³/mol. The first kappa shape index (κ1) is 72.1. The highest BCUT2D eigenvalue weighted by Crippen LogP contribution is 2.28. The van der Waals surface area contributed by atoms with Gasteiger partial charge in [0.25, 0.3) is 0 Å². The zero-order chi connectivity index (χ0) is 66.1. The van der Waals surface area contributed by atoms with E-state index in [0.717, 1.165) is 5.56 Å². The average Bonchev–Trinajstić information content (AvgIpc) is 3.88. The minimum Gasteiger partial charge on any atom is -0.497 e. The Kier molecular flexibility index (Phi) is 27.0. The monoisotopic (exact) mass is 1240 g/mol. The smallest absolute Gasteiger partial charge is 0.408 e. The van der Waals surface area contributed by atoms with Crippen molar-refractivity contribution in [2.24, 2.45) is 29.6 Å². The van der Waals surface area contributed by atoms with E-state index in [1.165, 1.54) is 61.6 Å². The number of carbonyl (C=O) groups excluding carboxylic acids is 11. The Morgan fingerprint density at radius 1 is 0.809 bits per heavy atom. The van der Waals surface area contributed by atoms with E-state index in [9.17, 15) is 38.7 Å². The number of rotatable bonds is 18. The molecule has 0 radical (unpaired) electrons. The number of fused-ring (bicyclic) bond motifs is 1. The number of carbonyl (C=O) groups is 11. The molecule has 0 saturated carbocycles. The van der Waals surface area contributed by atoms with Crippen molar-refractivity contribution >= 4 is 65.2 Å². The number of likely N-dealkylation sites (tertiary alicyclic amines) is 1. The molecule has 5 rings (SSSR count). The van der Waals surface area contributed by atoms with E-state index in [2.05, 4.69) is 21.3 Å². The maximum atomic E-state index is 15.2. The maximum absolute atomic E-state index is 15.2. The van der Waals surface area contributed by atoms with Gasteiger partial charge < -0.3 is 64.9 Å². The summed E-state index contributed by atoms with van der Waals surface area (Å²) in [5.74, 6) is -10.4. The van der Waals surface area contributed by atoms with Gasteiger partial charge in [0.15, 0.2) is 11.9 Å². The Labute approximate surface area is 523 Å². The second-order valence-corrected chi connectivity index (χ2v) is 25.2. The van der Waals surface area contributed by atoms with Crippen molar-refractivity contribution in [2.75, 3.05) is 34.3 Å². The number of aliphatic hydroxyl groups is 1. The fourth-order valence-electron chi connectivity index (χ4n) is 11.5. The van der Waals surface area contributed by atoms with Crippen molar-refractivity contribution in [3.05, 3.63) is 65.7 Å². The summed E-state index contributed by atoms with van der Waals surface area (Å²) in [4.78, 5) is 164. The molecular formula is C65H96N8O16. The number of Topliss-reactive ketones (excluding diaryl/α,β-unsaturated/α-hetero) is 1. The molecule has 3 aliphatic rings. The second-order valence-electron chi connectivity index (χ2n) is 25.2. The number of cyclic esters (lactones) is 2. The van der Waals surface area contributed by atoms with Gasteiger partial charge >= 0.3 is 18.0 Å². The van der Waals surface area contributed by atoms with Crippen LogP contribution in [-0.2, 0) is 75.2 Å². The van der Waals surface area contributed by atoms with Crippen LogP contribution in [0.3, 0.4) is 0 Å². The highest BCUT2D eigenvalue weighted by Gasteiger charge is 2.46. The number of ketones is 1. The third-order valence-electron chi connectivity index (χ3n) is 17.0. The number of ether oxygens (including phenoxy) is 4. The Morgan fingerprint density at radius 3 is 2.07 bits per heavy atom. The number of amides is 8. The lowest BCUT2D eigenvalue weighted by Gasteiger charge is -2.36. The van der Waals surface area contributed by atoms with E-state index < -0.39 is 156 Å². The summed E-state index contributed by atoms with van der Waals surface area (Å²) in [6.07, 6.45) is -4.72. The van der Waals surface area contributed by atoms with Crippen LogP contribution in [0.1, 0.15) is 139 Å². The van der Waals surface area contributed by atoms with Gasteiger partial charge in [-0.05, 0) is 106 Å². The third kappa shape index (κ3) is 19.4. The first-order valence-electron chi connectivity index (χ1n) is 31.3. The number of esters is 2. The second kappa shape index (κ2) is 33.3. The fourth-order valence-corrected chi connectivity index (χ4v) is 11.5. The van der Waals surface area contributed by atoms with Crippen LogP contribution in [0.4, 0.5) is 4.79 Å². The number of methoxy groups -OCH3 is 1. The molecule has 0 aromatic heterocycles. The third-order valence-corrected chi connectivity index (χ3v) is 17.0. The number of hydrogen-bond acceptors (Lipinski definition) is 16. The maximum Gasteiger partial charge on any atom is 0.408 e. The van der Waals surface area contributed by atoms with Crippen LogP contribution in [0, 0.1) is 29.6 Å². The van der Waals surface area contributed by atoms with Crippen LogP contribution >= 0.6 is 0 Å². The van der Waals surface area contributed by atoms with E-state index in [1.807, 2.05) is 33.8 Å². The van der Waals surface area contributed by atoms with Crippen molar-refractivity contribution in [1.82, 2.24) is 40.9 Å². The molecule has 2 aromatic carbocycles. The predicted octanol–water partition coefficient (Wildman–Crippen LogP) is 4.25. The summed E-state index contributed by atoms with van der Waals surface area (Å²) < 4.78 is 22.7. The molecule has 5 N–H and O–H groups in total. The molecule has 89 heavy (non-hydrogen) atoms. The molecule has 0 unspecified atom stereocenters. The standard InChI is InChI=1S/C65H96N8O16/c1-15-39(8)53-51(74)34-52(75)89-56(38(6)7)55(76)40(9)57(77)67-46(31-36(2)3)61(81)73-30-20-24-48(73)63(83)71(13)50(33-43-25-27-45(86-14)28-26-43)64(84)88-42(11)54(59(79)68-53)69-58(78)49(32-37(4)5)70(12)62(82)47-23-19-29-72(47)60(80)41(10)66-65(85)87-35-44-21-17-16-18-22-44/h16-18,21-22,25-28,36-42,46-51,53-54,56,74H,15,19-20,23-24,29-35H2,1-14H3,(H,66,85)(H,67,77)(H,68,79)(H,69,78)/t39-,40-,41-,42-,46+,47-,48-,49+,50-,51+,53+,54-,56+/m0/s1. The summed E-state index contributed by atoms with van der Waals surface area (Å²) in [6.45, 7) is 18.5. The van der Waals surface area contributed by atoms with Crippen molar-refractivity contribution in [1.29, 1.82) is 0 Å². The average molecular weight is 1250 g/mol. The SMILES string of the molecule is CC[C@H](C)[C@H]1NC(=O)[C@@H](NC(=O)[C@@H](CC(C)C)N(C)C(=O)[C@@H]2CCCN2C(=O)[C@H](C)NC(=O)OCc2ccccc2)[C@H](C)OC(=O)[C@H](Cc2ccc(OC)cc2)N(C)C(=O)[C@@H]2CCCN2C(=O)[C@@H](CC(C)C)NC(=O)[C@@H](C)C(=O)[C@@H](C(C)C)OC(=O)C[C@H]1O. The van der Waals surface area contributed by atoms with E-state index >= 15 is 19.2 Å². The van der Waals surface area contributed by atoms with Gasteiger partial charge in [0.1, 0.15) is 60.8 Å². The molecular weight excluding hydrogens is 1150 g/mol. The quantitative estimate of drug-likeness (QED) is 0.0792. The van der Waals surface area contributed by atoms with Crippen molar-refractivity contribution in [3.8, 4) is 5.75 Å². The molecule has 492 valence electrons. The Bertz CT molecular complexity index is 2800. The normalized spacial score (nSPS) is 25.7. The molecule has 3 aliphatic heterocycles. The summed E-state index contributed by atoms with van der Waals surface area (Å²) >= 11 is 0. The molecule has 24 nitrogen and oxygen atoms in total. The zero-order valence-corrected chi connectivity index (χ0v) is 54.3. The summed E-state index contributed by atoms with van der Waals surface area (Å²) in [6, 6.07) is 5.45. The molecule has 13 atom stereocenters. The fraction of sp³-hybridized carbons (Fsp3) is 0.646. The van der Waals surface area contributed by atoms with Crippen molar-refractivity contribution in [3.63, 3.8) is 0 Å². The highest BCUT2D eigenvalue weighted by molar-refractivity contribution is 6.05. The summed E-state index contributed by atoms with van der Waals surface area (Å²) in [7, 11) is 4.29. The summed E-state index contributed by atoms with van der Waals surface area (Å²) in [5, 5.41) is 22.8. The zero-order valence-electron chi connectivity index (χ0n) is 54.3. The van der Waals surface area contributed by atoms with Crippen LogP contribution in [0.2, 0.25) is 0 Å². The van der Waals surface area contributed by atoms with Gasteiger partial charge in [-0.25, -0.2) is 9.59 Å². The van der Waals surface area contributed by atoms with Gasteiger partial charge in [0.2, 0.25) is 41.4 Å². The number of benzene rings is 2. The molecule has 0 bridgehead atoms. The number of likely N-dealkylation sites (N-methyl/N-ethyl adjacent to an activating group) is 2. The van der Waals surface area contributed by atoms with E-state index in [0.29, 0.717) is 30.6 Å². The van der Waals surface area contributed by atoms with Crippen LogP contribution in [0.5, 0.6) is 5.75 Å². The lowest BCUT2D eigenvalue weighted by Crippen LogP contribution is -2.62. The number of aliphatic hydroxyl groups excluding tert-OH is 1. The number of nitrogens with one attached hydrogen (secondary N) is 4. The Balaban J connectivity index is 1.56. The van der Waals surface area contributed by atoms with Crippen LogP contribution in [-0.4, -0.2) is 191 Å². The van der Waals surface area contributed by atoms with Gasteiger partial charge in [-0.15, -0.1) is 0 Å². The molecule has 2 aromatic rings. The van der Waals surface area contributed by atoms with Crippen LogP contribution in [0.15, 0.2) is 54.6 Å². The summed E-state index contributed by atoms with van der Waals surface area (Å²) in [5.41, 5.74) is 1.30.